The lowest BCUT2D eigenvalue weighted by Crippen LogP contribution is -2.32. The Morgan fingerprint density at radius 3 is 2.38 bits per heavy atom. The first-order valence-corrected chi connectivity index (χ1v) is 8.17. The third-order valence-corrected chi connectivity index (χ3v) is 3.93. The van der Waals surface area contributed by atoms with Crippen LogP contribution in [-0.2, 0) is 4.79 Å². The van der Waals surface area contributed by atoms with Crippen molar-refractivity contribution in [1.29, 1.82) is 0 Å². The van der Waals surface area contributed by atoms with E-state index < -0.39 is 11.7 Å². The van der Waals surface area contributed by atoms with Gasteiger partial charge in [0.15, 0.2) is 0 Å². The Bertz CT molecular complexity index is 924. The number of benzene rings is 2. The number of nitrogens with zero attached hydrogens (tertiary/aromatic N) is 1. The van der Waals surface area contributed by atoms with Crippen LogP contribution in [0.15, 0.2) is 67.0 Å². The van der Waals surface area contributed by atoms with E-state index in [-0.39, 0.29) is 17.5 Å². The van der Waals surface area contributed by atoms with E-state index in [1.54, 1.807) is 12.1 Å². The number of amides is 2. The van der Waals surface area contributed by atoms with Gasteiger partial charge >= 0.3 is 0 Å². The lowest BCUT2D eigenvalue weighted by atomic mass is 10.2. The fourth-order valence-corrected chi connectivity index (χ4v) is 2.51. The number of nitrogens with one attached hydrogen (secondary N) is 2. The van der Waals surface area contributed by atoms with Crippen molar-refractivity contribution < 1.29 is 14.0 Å². The molecule has 5 nitrogen and oxygen atoms in total. The Morgan fingerprint density at radius 1 is 1.04 bits per heavy atom. The number of anilines is 1. The molecule has 2 amide bonds. The van der Waals surface area contributed by atoms with Gasteiger partial charge in [-0.15, -0.1) is 0 Å². The van der Waals surface area contributed by atoms with Gasteiger partial charge in [-0.3, -0.25) is 9.59 Å². The minimum atomic E-state index is -0.568. The van der Waals surface area contributed by atoms with Crippen molar-refractivity contribution in [3.63, 3.8) is 0 Å². The Hall–Kier alpha value is -3.12. The molecule has 0 saturated carbocycles. The van der Waals surface area contributed by atoms with Gasteiger partial charge in [-0.25, -0.2) is 4.39 Å². The summed E-state index contributed by atoms with van der Waals surface area (Å²) < 4.78 is 15.0. The van der Waals surface area contributed by atoms with Crippen LogP contribution in [0.2, 0.25) is 5.02 Å². The van der Waals surface area contributed by atoms with Gasteiger partial charge in [0.05, 0.1) is 11.6 Å². The third-order valence-electron chi connectivity index (χ3n) is 3.64. The first-order valence-electron chi connectivity index (χ1n) is 7.79. The number of aromatic nitrogens is 1. The molecule has 7 heteroatoms. The standard InChI is InChI=1S/C19H15ClFN3O2/c20-16-11-14(5-8-17(16)21)23-18(25)12-22-19(26)13-3-6-15(7-4-13)24-9-1-2-10-24/h1-11H,12H2,(H,22,26)(H,23,25). The topological polar surface area (TPSA) is 63.1 Å². The highest BCUT2D eigenvalue weighted by atomic mass is 35.5. The average Bonchev–Trinajstić information content (AvgIpc) is 3.18. The van der Waals surface area contributed by atoms with Crippen molar-refractivity contribution in [2.75, 3.05) is 11.9 Å². The molecule has 0 atom stereocenters. The lowest BCUT2D eigenvalue weighted by Gasteiger charge is -2.08. The van der Waals surface area contributed by atoms with Crippen molar-refractivity contribution in [3.8, 4) is 5.69 Å². The summed E-state index contributed by atoms with van der Waals surface area (Å²) in [6, 6.07) is 14.7. The maximum absolute atomic E-state index is 13.1. The van der Waals surface area contributed by atoms with Gasteiger partial charge < -0.3 is 15.2 Å². The van der Waals surface area contributed by atoms with Crippen LogP contribution < -0.4 is 10.6 Å². The predicted molar refractivity (Wildman–Crippen MR) is 98.1 cm³/mol. The molecule has 2 N–H and O–H groups in total. The molecule has 26 heavy (non-hydrogen) atoms. The maximum atomic E-state index is 13.1. The van der Waals surface area contributed by atoms with Gasteiger partial charge in [0.1, 0.15) is 5.82 Å². The first-order chi connectivity index (χ1) is 12.5. The van der Waals surface area contributed by atoms with Gasteiger partial charge in [0, 0.05) is 29.3 Å². The van der Waals surface area contributed by atoms with E-state index in [9.17, 15) is 14.0 Å². The molecule has 0 bridgehead atoms. The zero-order chi connectivity index (χ0) is 18.5. The van der Waals surface area contributed by atoms with Gasteiger partial charge in [0.25, 0.3) is 5.91 Å². The summed E-state index contributed by atoms with van der Waals surface area (Å²) in [4.78, 5) is 24.0. The quantitative estimate of drug-likeness (QED) is 0.719. The van der Waals surface area contributed by atoms with Crippen LogP contribution in [-0.4, -0.2) is 22.9 Å². The van der Waals surface area contributed by atoms with Crippen molar-refractivity contribution in [3.05, 3.63) is 83.4 Å². The molecule has 0 fully saturated rings. The minimum Gasteiger partial charge on any atom is -0.343 e. The van der Waals surface area contributed by atoms with Crippen LogP contribution in [0.3, 0.4) is 0 Å². The van der Waals surface area contributed by atoms with Crippen LogP contribution in [0.25, 0.3) is 5.69 Å². The number of rotatable bonds is 5. The second kappa shape index (κ2) is 7.84. The Morgan fingerprint density at radius 2 is 1.73 bits per heavy atom. The normalized spacial score (nSPS) is 10.4. The van der Waals surface area contributed by atoms with Crippen molar-refractivity contribution in [2.45, 2.75) is 0 Å². The molecule has 0 aliphatic carbocycles. The van der Waals surface area contributed by atoms with Crippen LogP contribution in [0, 0.1) is 5.82 Å². The molecule has 3 rings (SSSR count). The average molecular weight is 372 g/mol. The summed E-state index contributed by atoms with van der Waals surface area (Å²) in [7, 11) is 0. The molecule has 1 aromatic heterocycles. The van der Waals surface area contributed by atoms with E-state index in [1.807, 2.05) is 41.2 Å². The molecule has 0 unspecified atom stereocenters. The molecule has 0 saturated heterocycles. The van der Waals surface area contributed by atoms with Gasteiger partial charge in [-0.1, -0.05) is 11.6 Å². The summed E-state index contributed by atoms with van der Waals surface area (Å²) in [5.41, 5.74) is 1.72. The molecule has 3 aromatic rings. The summed E-state index contributed by atoms with van der Waals surface area (Å²) >= 11 is 5.66. The fourth-order valence-electron chi connectivity index (χ4n) is 2.33. The first kappa shape index (κ1) is 17.7. The molecule has 0 aliphatic rings. The largest absolute Gasteiger partial charge is 0.343 e. The van der Waals surface area contributed by atoms with Crippen LogP contribution in [0.5, 0.6) is 0 Å². The predicted octanol–water partition coefficient (Wildman–Crippen LogP) is 3.64. The van der Waals surface area contributed by atoms with Crippen LogP contribution in [0.1, 0.15) is 10.4 Å². The van der Waals surface area contributed by atoms with E-state index in [2.05, 4.69) is 10.6 Å². The number of halogens is 2. The second-order valence-electron chi connectivity index (χ2n) is 5.50. The maximum Gasteiger partial charge on any atom is 0.251 e. The minimum absolute atomic E-state index is 0.0883. The molecular formula is C19H15ClFN3O2. The number of hydrogen-bond acceptors (Lipinski definition) is 2. The molecule has 132 valence electrons. The van der Waals surface area contributed by atoms with Crippen molar-refractivity contribution >= 4 is 29.1 Å². The van der Waals surface area contributed by atoms with Gasteiger partial charge in [-0.05, 0) is 54.6 Å². The number of carbonyl (C=O) groups excluding carboxylic acids is 2. The molecule has 0 radical (unpaired) electrons. The number of hydrogen-bond donors (Lipinski definition) is 2. The summed E-state index contributed by atoms with van der Waals surface area (Å²) in [5, 5.41) is 4.98. The highest BCUT2D eigenvalue weighted by Crippen LogP contribution is 2.19. The zero-order valence-corrected chi connectivity index (χ0v) is 14.3. The summed E-state index contributed by atoms with van der Waals surface area (Å²) in [6.45, 7) is -0.215. The second-order valence-corrected chi connectivity index (χ2v) is 5.90. The SMILES string of the molecule is O=C(CNC(=O)c1ccc(-n2cccc2)cc1)Nc1ccc(F)c(Cl)c1. The highest BCUT2D eigenvalue weighted by Gasteiger charge is 2.09. The van der Waals surface area contributed by atoms with Gasteiger partial charge in [-0.2, -0.15) is 0 Å². The van der Waals surface area contributed by atoms with E-state index in [4.69, 9.17) is 11.6 Å². The van der Waals surface area contributed by atoms with E-state index in [1.165, 1.54) is 12.1 Å². The monoisotopic (exact) mass is 371 g/mol. The third kappa shape index (κ3) is 4.29. The molecular weight excluding hydrogens is 357 g/mol. The summed E-state index contributed by atoms with van der Waals surface area (Å²) in [5.74, 6) is -1.37. The van der Waals surface area contributed by atoms with Crippen molar-refractivity contribution in [2.24, 2.45) is 0 Å². The Kier molecular flexibility index (Phi) is 5.34. The highest BCUT2D eigenvalue weighted by molar-refractivity contribution is 6.31. The van der Waals surface area contributed by atoms with Crippen LogP contribution >= 0.6 is 11.6 Å². The molecule has 0 aliphatic heterocycles. The molecule has 2 aromatic carbocycles. The van der Waals surface area contributed by atoms with E-state index >= 15 is 0 Å². The molecule has 0 spiro atoms. The number of carbonyl (C=O) groups is 2. The molecule has 1 heterocycles. The van der Waals surface area contributed by atoms with Crippen LogP contribution in [0.4, 0.5) is 10.1 Å². The van der Waals surface area contributed by atoms with E-state index in [0.29, 0.717) is 11.3 Å². The lowest BCUT2D eigenvalue weighted by molar-refractivity contribution is -0.115. The fraction of sp³-hybridized carbons (Fsp3) is 0.0526. The zero-order valence-electron chi connectivity index (χ0n) is 13.6. The van der Waals surface area contributed by atoms with Gasteiger partial charge in [0.2, 0.25) is 5.91 Å². The smallest absolute Gasteiger partial charge is 0.251 e. The Balaban J connectivity index is 1.54. The van der Waals surface area contributed by atoms with Crippen molar-refractivity contribution in [1.82, 2.24) is 9.88 Å². The summed E-state index contributed by atoms with van der Waals surface area (Å²) in [6.07, 6.45) is 3.81. The van der Waals surface area contributed by atoms with E-state index in [0.717, 1.165) is 11.8 Å². The Labute approximate surface area is 154 Å².